The van der Waals surface area contributed by atoms with Crippen LogP contribution in [0.5, 0.6) is 0 Å². The van der Waals surface area contributed by atoms with E-state index in [-0.39, 0.29) is 0 Å². The van der Waals surface area contributed by atoms with Crippen molar-refractivity contribution in [1.82, 2.24) is 4.98 Å². The van der Waals surface area contributed by atoms with Crippen LogP contribution in [-0.2, 0) is 0 Å². The maximum atomic E-state index is 5.87. The second-order valence-electron chi connectivity index (χ2n) is 4.51. The predicted octanol–water partition coefficient (Wildman–Crippen LogP) is 4.18. The summed E-state index contributed by atoms with van der Waals surface area (Å²) in [4.78, 5) is 4.18. The van der Waals surface area contributed by atoms with Crippen LogP contribution in [0.2, 0.25) is 5.15 Å². The fourth-order valence-electron chi connectivity index (χ4n) is 1.70. The molecule has 3 nitrogen and oxygen atoms in total. The first-order chi connectivity index (χ1) is 8.54. The van der Waals surface area contributed by atoms with Crippen LogP contribution in [0, 0.1) is 0 Å². The molecule has 0 aliphatic carbocycles. The number of nitrogen functional groups attached to an aromatic ring is 1. The number of nitrogens with two attached hydrogens (primary N) is 1. The summed E-state index contributed by atoms with van der Waals surface area (Å²) in [5.74, 6) is 1.14. The van der Waals surface area contributed by atoms with Crippen molar-refractivity contribution < 1.29 is 0 Å². The molecule has 1 aromatic carbocycles. The number of hydrogen-bond donors (Lipinski definition) is 2. The first-order valence-corrected chi connectivity index (χ1v) is 6.22. The van der Waals surface area contributed by atoms with Crippen molar-refractivity contribution in [3.63, 3.8) is 0 Å². The average Bonchev–Trinajstić information content (AvgIpc) is 2.27. The van der Waals surface area contributed by atoms with Gasteiger partial charge in [0, 0.05) is 17.4 Å². The fourth-order valence-corrected chi connectivity index (χ4v) is 1.92. The number of anilines is 3. The van der Waals surface area contributed by atoms with Crippen LogP contribution in [0.15, 0.2) is 36.4 Å². The van der Waals surface area contributed by atoms with Gasteiger partial charge in [0.05, 0.1) is 0 Å². The van der Waals surface area contributed by atoms with Crippen molar-refractivity contribution in [3.8, 4) is 0 Å². The van der Waals surface area contributed by atoms with Crippen LogP contribution in [-0.4, -0.2) is 4.98 Å². The van der Waals surface area contributed by atoms with E-state index in [0.29, 0.717) is 22.6 Å². The number of aromatic nitrogens is 1. The lowest BCUT2D eigenvalue weighted by molar-refractivity contribution is 0.867. The maximum Gasteiger partial charge on any atom is 0.134 e. The number of pyridine rings is 1. The fraction of sp³-hybridized carbons (Fsp3) is 0.214. The van der Waals surface area contributed by atoms with E-state index in [2.05, 4.69) is 36.3 Å². The van der Waals surface area contributed by atoms with Gasteiger partial charge in [-0.3, -0.25) is 0 Å². The lowest BCUT2D eigenvalue weighted by Crippen LogP contribution is -1.97. The Kier molecular flexibility index (Phi) is 3.72. The molecule has 0 atom stereocenters. The monoisotopic (exact) mass is 261 g/mol. The Morgan fingerprint density at radius 2 is 2.00 bits per heavy atom. The molecule has 3 N–H and O–H groups in total. The summed E-state index contributed by atoms with van der Waals surface area (Å²) >= 11 is 5.87. The number of rotatable bonds is 3. The molecule has 0 aliphatic heterocycles. The standard InChI is InChI=1S/C14H16ClN3/c1-9(2)10-4-3-5-12(6-10)17-14-8-11(16)7-13(15)18-14/h3-9H,1-2H3,(H3,16,17,18). The van der Waals surface area contributed by atoms with E-state index in [0.717, 1.165) is 5.69 Å². The summed E-state index contributed by atoms with van der Waals surface area (Å²) in [6.45, 7) is 4.32. The van der Waals surface area contributed by atoms with Gasteiger partial charge in [0.25, 0.3) is 0 Å². The Morgan fingerprint density at radius 3 is 2.67 bits per heavy atom. The lowest BCUT2D eigenvalue weighted by atomic mass is 10.0. The molecule has 0 bridgehead atoms. The van der Waals surface area contributed by atoms with Crippen molar-refractivity contribution in [3.05, 3.63) is 47.1 Å². The van der Waals surface area contributed by atoms with Crippen LogP contribution in [0.4, 0.5) is 17.2 Å². The van der Waals surface area contributed by atoms with Gasteiger partial charge in [-0.2, -0.15) is 0 Å². The predicted molar refractivity (Wildman–Crippen MR) is 77.5 cm³/mol. The summed E-state index contributed by atoms with van der Waals surface area (Å²) in [5.41, 5.74) is 8.58. The number of benzene rings is 1. The third-order valence-corrected chi connectivity index (χ3v) is 2.84. The van der Waals surface area contributed by atoms with Crippen molar-refractivity contribution in [1.29, 1.82) is 0 Å². The van der Waals surface area contributed by atoms with E-state index >= 15 is 0 Å². The van der Waals surface area contributed by atoms with E-state index in [4.69, 9.17) is 17.3 Å². The first-order valence-electron chi connectivity index (χ1n) is 5.84. The molecule has 0 unspecified atom stereocenters. The molecule has 0 saturated heterocycles. The van der Waals surface area contributed by atoms with Crippen LogP contribution in [0.1, 0.15) is 25.3 Å². The van der Waals surface area contributed by atoms with Gasteiger partial charge in [-0.1, -0.05) is 37.6 Å². The molecule has 4 heteroatoms. The Hall–Kier alpha value is -1.74. The minimum Gasteiger partial charge on any atom is -0.399 e. The van der Waals surface area contributed by atoms with Crippen LogP contribution in [0.3, 0.4) is 0 Å². The van der Waals surface area contributed by atoms with E-state index in [1.54, 1.807) is 12.1 Å². The molecule has 2 aromatic rings. The zero-order valence-corrected chi connectivity index (χ0v) is 11.2. The van der Waals surface area contributed by atoms with E-state index in [1.807, 2.05) is 12.1 Å². The Labute approximate surface area is 112 Å². The summed E-state index contributed by atoms with van der Waals surface area (Å²) in [5, 5.41) is 3.59. The Balaban J connectivity index is 2.25. The highest BCUT2D eigenvalue weighted by molar-refractivity contribution is 6.29. The number of nitrogens with zero attached hydrogens (tertiary/aromatic N) is 1. The summed E-state index contributed by atoms with van der Waals surface area (Å²) < 4.78 is 0. The molecule has 0 radical (unpaired) electrons. The highest BCUT2D eigenvalue weighted by Crippen LogP contribution is 2.23. The third kappa shape index (κ3) is 3.14. The van der Waals surface area contributed by atoms with E-state index in [9.17, 15) is 0 Å². The van der Waals surface area contributed by atoms with Gasteiger partial charge in [0.2, 0.25) is 0 Å². The van der Waals surface area contributed by atoms with Crippen molar-refractivity contribution in [2.45, 2.75) is 19.8 Å². The van der Waals surface area contributed by atoms with Gasteiger partial charge >= 0.3 is 0 Å². The summed E-state index contributed by atoms with van der Waals surface area (Å²) in [6.07, 6.45) is 0. The van der Waals surface area contributed by atoms with Gasteiger partial charge in [-0.05, 0) is 29.7 Å². The van der Waals surface area contributed by atoms with Crippen LogP contribution >= 0.6 is 11.6 Å². The van der Waals surface area contributed by atoms with Gasteiger partial charge in [0.1, 0.15) is 11.0 Å². The molecule has 0 fully saturated rings. The molecule has 0 amide bonds. The largest absolute Gasteiger partial charge is 0.399 e. The van der Waals surface area contributed by atoms with Crippen molar-refractivity contribution in [2.75, 3.05) is 11.1 Å². The second kappa shape index (κ2) is 5.27. The highest BCUT2D eigenvalue weighted by atomic mass is 35.5. The van der Waals surface area contributed by atoms with Gasteiger partial charge in [-0.25, -0.2) is 4.98 Å². The normalized spacial score (nSPS) is 10.7. The number of hydrogen-bond acceptors (Lipinski definition) is 3. The minimum atomic E-state index is 0.387. The van der Waals surface area contributed by atoms with Gasteiger partial charge in [-0.15, -0.1) is 0 Å². The molecule has 0 saturated carbocycles. The maximum absolute atomic E-state index is 5.87. The Bertz CT molecular complexity index is 532. The third-order valence-electron chi connectivity index (χ3n) is 2.64. The molecule has 18 heavy (non-hydrogen) atoms. The molecule has 0 aliphatic rings. The van der Waals surface area contributed by atoms with Crippen molar-refractivity contribution >= 4 is 28.8 Å². The first kappa shape index (κ1) is 12.7. The van der Waals surface area contributed by atoms with Crippen LogP contribution < -0.4 is 11.1 Å². The van der Waals surface area contributed by atoms with Crippen LogP contribution in [0.25, 0.3) is 0 Å². The second-order valence-corrected chi connectivity index (χ2v) is 4.90. The van der Waals surface area contributed by atoms with Crippen molar-refractivity contribution in [2.24, 2.45) is 0 Å². The summed E-state index contributed by atoms with van der Waals surface area (Å²) in [6, 6.07) is 11.6. The molecular weight excluding hydrogens is 246 g/mol. The van der Waals surface area contributed by atoms with Gasteiger partial charge in [0.15, 0.2) is 0 Å². The lowest BCUT2D eigenvalue weighted by Gasteiger charge is -2.10. The zero-order chi connectivity index (χ0) is 13.1. The molecule has 1 aromatic heterocycles. The zero-order valence-electron chi connectivity index (χ0n) is 10.4. The van der Waals surface area contributed by atoms with E-state index in [1.165, 1.54) is 5.56 Å². The summed E-state index contributed by atoms with van der Waals surface area (Å²) in [7, 11) is 0. The SMILES string of the molecule is CC(C)c1cccc(Nc2cc(N)cc(Cl)n2)c1. The number of nitrogens with one attached hydrogen (secondary N) is 1. The molecule has 94 valence electrons. The van der Waals surface area contributed by atoms with E-state index < -0.39 is 0 Å². The highest BCUT2D eigenvalue weighted by Gasteiger charge is 2.03. The topological polar surface area (TPSA) is 50.9 Å². The quantitative estimate of drug-likeness (QED) is 0.815. The molecule has 0 spiro atoms. The minimum absolute atomic E-state index is 0.387. The molecule has 1 heterocycles. The average molecular weight is 262 g/mol. The Morgan fingerprint density at radius 1 is 1.22 bits per heavy atom. The molecular formula is C14H16ClN3. The smallest absolute Gasteiger partial charge is 0.134 e. The number of halogens is 1. The van der Waals surface area contributed by atoms with Gasteiger partial charge < -0.3 is 11.1 Å². The molecule has 2 rings (SSSR count).